The van der Waals surface area contributed by atoms with Gasteiger partial charge in [0.05, 0.1) is 0 Å². The van der Waals surface area contributed by atoms with Crippen LogP contribution in [0.2, 0.25) is 0 Å². The zero-order chi connectivity index (χ0) is 43.0. The van der Waals surface area contributed by atoms with Gasteiger partial charge < -0.3 is 19.7 Å². The molecule has 2 saturated heterocycles. The van der Waals surface area contributed by atoms with E-state index in [4.69, 9.17) is 0 Å². The number of fused-ring (bicyclic) bond motifs is 1. The number of rotatable bonds is 14. The third kappa shape index (κ3) is 12.2. The van der Waals surface area contributed by atoms with Crippen molar-refractivity contribution < 1.29 is 19.5 Å². The predicted octanol–water partition coefficient (Wildman–Crippen LogP) is 11.1. The monoisotopic (exact) mass is 814 g/mol. The molecule has 322 valence electrons. The fourth-order valence-electron chi connectivity index (χ4n) is 9.28. The van der Waals surface area contributed by atoms with E-state index in [2.05, 4.69) is 100 Å². The highest BCUT2D eigenvalue weighted by atomic mass is 16.3. The number of unbranched alkanes of at least 4 members (excludes halogenated alkanes) is 1. The van der Waals surface area contributed by atoms with Gasteiger partial charge >= 0.3 is 0 Å². The Kier molecular flexibility index (Phi) is 18.0. The Morgan fingerprint density at radius 3 is 2.07 bits per heavy atom. The molecular weight excluding hydrogens is 743 g/mol. The van der Waals surface area contributed by atoms with Gasteiger partial charge in [0.25, 0.3) is 0 Å². The topological polar surface area (TPSA) is 81.2 Å². The largest absolute Gasteiger partial charge is 0.508 e. The summed E-state index contributed by atoms with van der Waals surface area (Å²) in [7, 11) is 0. The quantitative estimate of drug-likeness (QED) is 0.0771. The molecule has 7 rings (SSSR count). The number of aryl methyl sites for hydroxylation is 2. The van der Waals surface area contributed by atoms with Crippen LogP contribution in [0.25, 0.3) is 0 Å². The molecule has 2 heterocycles. The van der Waals surface area contributed by atoms with Crippen LogP contribution in [0.5, 0.6) is 5.75 Å². The van der Waals surface area contributed by atoms with Gasteiger partial charge in [0, 0.05) is 93.8 Å². The summed E-state index contributed by atoms with van der Waals surface area (Å²) in [5.41, 5.74) is 10.1. The number of Topliss-reactive ketones (excluding diaryl/α,β-unsaturated/α-hetero) is 2. The van der Waals surface area contributed by atoms with E-state index < -0.39 is 0 Å². The van der Waals surface area contributed by atoms with Gasteiger partial charge in [-0.05, 0) is 121 Å². The Balaban J connectivity index is 0.000000501. The molecule has 1 aliphatic carbocycles. The summed E-state index contributed by atoms with van der Waals surface area (Å²) < 4.78 is 0. The maximum Gasteiger partial charge on any atom is 0.162 e. The first-order valence-corrected chi connectivity index (χ1v) is 23.0. The number of piperidine rings is 1. The number of anilines is 2. The number of phenols is 1. The van der Waals surface area contributed by atoms with Crippen molar-refractivity contribution in [1.29, 1.82) is 0 Å². The molecule has 0 aromatic heterocycles. The van der Waals surface area contributed by atoms with Crippen molar-refractivity contribution in [2.75, 3.05) is 55.6 Å². The molecule has 2 atom stereocenters. The van der Waals surface area contributed by atoms with Crippen molar-refractivity contribution in [3.8, 4) is 5.75 Å². The summed E-state index contributed by atoms with van der Waals surface area (Å²) >= 11 is 0. The Morgan fingerprint density at radius 1 is 0.767 bits per heavy atom. The van der Waals surface area contributed by atoms with Gasteiger partial charge in [-0.15, -0.1) is 0 Å². The van der Waals surface area contributed by atoms with Gasteiger partial charge in [0.1, 0.15) is 17.8 Å². The van der Waals surface area contributed by atoms with Crippen LogP contribution in [0.4, 0.5) is 11.4 Å². The van der Waals surface area contributed by atoms with Crippen LogP contribution >= 0.6 is 0 Å². The normalized spacial score (nSPS) is 18.1. The van der Waals surface area contributed by atoms with E-state index in [1.165, 1.54) is 58.6 Å². The second-order valence-electron chi connectivity index (χ2n) is 16.9. The molecule has 7 heteroatoms. The van der Waals surface area contributed by atoms with E-state index in [1.54, 1.807) is 0 Å². The lowest BCUT2D eigenvalue weighted by molar-refractivity contribution is -0.122. The fourth-order valence-corrected chi connectivity index (χ4v) is 9.28. The number of hydrogen-bond donors (Lipinski definition) is 1. The molecule has 0 spiro atoms. The van der Waals surface area contributed by atoms with Crippen molar-refractivity contribution in [1.82, 2.24) is 4.90 Å². The molecule has 2 aliphatic heterocycles. The molecule has 4 aromatic rings. The van der Waals surface area contributed by atoms with E-state index in [-0.39, 0.29) is 23.4 Å². The molecule has 0 saturated carbocycles. The lowest BCUT2D eigenvalue weighted by Crippen LogP contribution is -2.49. The van der Waals surface area contributed by atoms with Gasteiger partial charge in [-0.2, -0.15) is 0 Å². The first-order valence-electron chi connectivity index (χ1n) is 23.0. The van der Waals surface area contributed by atoms with Crippen molar-refractivity contribution in [2.45, 2.75) is 111 Å². The molecule has 3 aliphatic rings. The first kappa shape index (κ1) is 46.3. The van der Waals surface area contributed by atoms with E-state index in [1.807, 2.05) is 46.8 Å². The predicted molar refractivity (Wildman–Crippen MR) is 249 cm³/mol. The summed E-state index contributed by atoms with van der Waals surface area (Å²) in [4.78, 5) is 40.9. The number of benzene rings is 4. The maximum absolute atomic E-state index is 12.4. The minimum Gasteiger partial charge on any atom is -0.508 e. The van der Waals surface area contributed by atoms with E-state index in [0.717, 1.165) is 76.3 Å². The highest BCUT2D eigenvalue weighted by molar-refractivity contribution is 5.97. The van der Waals surface area contributed by atoms with Gasteiger partial charge in [-0.25, -0.2) is 0 Å². The first-order chi connectivity index (χ1) is 29.2. The van der Waals surface area contributed by atoms with Crippen LogP contribution in [-0.2, 0) is 22.4 Å². The second-order valence-corrected chi connectivity index (χ2v) is 16.9. The zero-order valence-corrected chi connectivity index (χ0v) is 37.4. The standard InChI is InChI=1S/C43H51N3O2.C8H14O2.C2H6/c1-3-32-28-37(15-18-39(32)42(48)4-2)46-26-24-44(25-27-46)30-31-20-22-45(23-21-31)36-13-10-34(11-14-36)43-40(33-8-6-5-7-9-33)17-12-35-29-38(47)16-19-41(35)43;1-7(2)8(10)5-3-4-6-9;1-2/h5-11,13-16,18-19,28-29,31,40,43,47H,3-4,12,17,20-27,30H2,1-2H3;6-7H,3-5H2,1-2H3;1-2H3. The maximum atomic E-state index is 12.4. The van der Waals surface area contributed by atoms with Gasteiger partial charge in [0.15, 0.2) is 5.78 Å². The van der Waals surface area contributed by atoms with Crippen molar-refractivity contribution in [2.24, 2.45) is 11.8 Å². The second kappa shape index (κ2) is 23.3. The Morgan fingerprint density at radius 2 is 1.43 bits per heavy atom. The summed E-state index contributed by atoms with van der Waals surface area (Å²) in [5, 5.41) is 10.2. The lowest BCUT2D eigenvalue weighted by Gasteiger charge is -2.40. The minimum atomic E-state index is 0.117. The lowest BCUT2D eigenvalue weighted by atomic mass is 9.69. The summed E-state index contributed by atoms with van der Waals surface area (Å²) in [6, 6.07) is 32.8. The number of phenolic OH excluding ortho intramolecular Hbond substituents is 1. The van der Waals surface area contributed by atoms with Gasteiger partial charge in [-0.3, -0.25) is 14.5 Å². The average Bonchev–Trinajstić information content (AvgIpc) is 3.30. The molecular formula is C53H71N3O4. The van der Waals surface area contributed by atoms with Crippen molar-refractivity contribution >= 4 is 29.2 Å². The Hall–Kier alpha value is -4.75. The van der Waals surface area contributed by atoms with E-state index in [0.29, 0.717) is 37.4 Å². The Labute approximate surface area is 361 Å². The van der Waals surface area contributed by atoms with Crippen LogP contribution in [0.1, 0.15) is 136 Å². The smallest absolute Gasteiger partial charge is 0.162 e. The van der Waals surface area contributed by atoms with E-state index in [9.17, 15) is 19.5 Å². The highest BCUT2D eigenvalue weighted by Gasteiger charge is 2.32. The molecule has 1 N–H and O–H groups in total. The minimum absolute atomic E-state index is 0.117. The molecule has 0 amide bonds. The third-order valence-corrected chi connectivity index (χ3v) is 12.8. The Bertz CT molecular complexity index is 1940. The number of aromatic hydroxyl groups is 1. The molecule has 4 aromatic carbocycles. The number of ketones is 2. The summed E-state index contributed by atoms with van der Waals surface area (Å²) in [6.45, 7) is 19.6. The van der Waals surface area contributed by atoms with Crippen LogP contribution < -0.4 is 9.80 Å². The number of hydrogen-bond acceptors (Lipinski definition) is 7. The number of nitrogens with zero attached hydrogens (tertiary/aromatic N) is 3. The molecule has 7 nitrogen and oxygen atoms in total. The summed E-state index contributed by atoms with van der Waals surface area (Å²) in [6.07, 6.45) is 8.65. The van der Waals surface area contributed by atoms with Crippen LogP contribution in [0.15, 0.2) is 91.0 Å². The fraction of sp³-hybridized carbons (Fsp3) is 0.491. The van der Waals surface area contributed by atoms with E-state index >= 15 is 0 Å². The molecule has 2 unspecified atom stereocenters. The number of carbonyl (C=O) groups is 3. The molecule has 2 fully saturated rings. The van der Waals surface area contributed by atoms with Crippen LogP contribution in [-0.4, -0.2) is 73.7 Å². The van der Waals surface area contributed by atoms with Gasteiger partial charge in [-0.1, -0.05) is 90.1 Å². The number of aldehydes is 1. The number of piperazine rings is 1. The zero-order valence-electron chi connectivity index (χ0n) is 37.4. The van der Waals surface area contributed by atoms with Gasteiger partial charge in [0.2, 0.25) is 0 Å². The highest BCUT2D eigenvalue weighted by Crippen LogP contribution is 2.47. The average molecular weight is 814 g/mol. The van der Waals surface area contributed by atoms with Crippen LogP contribution in [0, 0.1) is 11.8 Å². The molecule has 0 bridgehead atoms. The van der Waals surface area contributed by atoms with Crippen molar-refractivity contribution in [3.63, 3.8) is 0 Å². The summed E-state index contributed by atoms with van der Waals surface area (Å²) in [5.74, 6) is 2.45. The molecule has 0 radical (unpaired) electrons. The number of carbonyl (C=O) groups excluding carboxylic acids is 3. The van der Waals surface area contributed by atoms with Crippen molar-refractivity contribution in [3.05, 3.63) is 124 Å². The molecule has 60 heavy (non-hydrogen) atoms. The third-order valence-electron chi connectivity index (χ3n) is 12.8. The van der Waals surface area contributed by atoms with Crippen LogP contribution in [0.3, 0.4) is 0 Å². The SMILES string of the molecule is CC.CC(C)C(=O)CCCC=O.CCC(=O)c1ccc(N2CCN(CC3CCN(c4ccc(C5c6ccc(O)cc6CCC5c5ccccc5)cc4)CC3)CC2)cc1CC.